The second kappa shape index (κ2) is 10.0. The van der Waals surface area contributed by atoms with Gasteiger partial charge in [-0.25, -0.2) is 9.18 Å². The summed E-state index contributed by atoms with van der Waals surface area (Å²) in [5, 5.41) is 2.53. The first-order valence-electron chi connectivity index (χ1n) is 8.23. The van der Waals surface area contributed by atoms with Crippen molar-refractivity contribution in [3.05, 3.63) is 54.3 Å². The molecule has 2 aromatic carbocycles. The minimum absolute atomic E-state index is 0.282. The van der Waals surface area contributed by atoms with E-state index in [9.17, 15) is 22.8 Å². The molecule has 28 heavy (non-hydrogen) atoms. The van der Waals surface area contributed by atoms with Gasteiger partial charge >= 0.3 is 5.97 Å². The summed E-state index contributed by atoms with van der Waals surface area (Å²) in [5.41, 5.74) is 0.377. The molecule has 0 spiro atoms. The first kappa shape index (κ1) is 21.6. The van der Waals surface area contributed by atoms with Gasteiger partial charge in [0.25, 0.3) is 11.7 Å². The third kappa shape index (κ3) is 6.80. The van der Waals surface area contributed by atoms with Gasteiger partial charge in [-0.2, -0.15) is 8.78 Å². The van der Waals surface area contributed by atoms with Crippen molar-refractivity contribution in [1.29, 1.82) is 0 Å². The van der Waals surface area contributed by atoms with Crippen molar-refractivity contribution in [2.75, 3.05) is 5.32 Å². The van der Waals surface area contributed by atoms with Crippen LogP contribution in [-0.2, 0) is 14.3 Å². The number of amides is 1. The highest BCUT2D eigenvalue weighted by atomic mass is 32.2. The zero-order valence-electron chi connectivity index (χ0n) is 15.0. The number of nitrogens with one attached hydrogen (secondary N) is 1. The van der Waals surface area contributed by atoms with Crippen LogP contribution in [0.5, 0.6) is 5.75 Å². The Morgan fingerprint density at radius 1 is 0.964 bits per heavy atom. The molecule has 0 heterocycles. The molecule has 0 bridgehead atoms. The van der Waals surface area contributed by atoms with Gasteiger partial charge < -0.3 is 14.8 Å². The minimum Gasteiger partial charge on any atom is -0.479 e. The van der Waals surface area contributed by atoms with Crippen molar-refractivity contribution < 1.29 is 32.2 Å². The maximum absolute atomic E-state index is 12.9. The average molecular weight is 413 g/mol. The third-order valence-electron chi connectivity index (χ3n) is 3.47. The van der Waals surface area contributed by atoms with Gasteiger partial charge in [0.1, 0.15) is 11.6 Å². The van der Waals surface area contributed by atoms with E-state index >= 15 is 0 Å². The smallest absolute Gasteiger partial charge is 0.347 e. The first-order valence-corrected chi connectivity index (χ1v) is 9.11. The highest BCUT2D eigenvalue weighted by molar-refractivity contribution is 7.99. The van der Waals surface area contributed by atoms with Crippen LogP contribution in [0.25, 0.3) is 0 Å². The number of hydrogen-bond donors (Lipinski definition) is 1. The minimum atomic E-state index is -2.53. The lowest BCUT2D eigenvalue weighted by Crippen LogP contribution is -2.35. The summed E-state index contributed by atoms with van der Waals surface area (Å²) in [4.78, 5) is 24.5. The maximum atomic E-state index is 12.9. The highest BCUT2D eigenvalue weighted by Gasteiger charge is 2.23. The van der Waals surface area contributed by atoms with E-state index in [0.29, 0.717) is 22.3 Å². The molecule has 2 rings (SSSR count). The largest absolute Gasteiger partial charge is 0.479 e. The molecule has 2 aromatic rings. The van der Waals surface area contributed by atoms with Gasteiger partial charge in [0.2, 0.25) is 0 Å². The summed E-state index contributed by atoms with van der Waals surface area (Å²) in [5.74, 6) is -4.04. The standard InChI is InChI=1S/C19H18F3NO4S/c1-11(17(24)23-14-5-9-16(10-6-14)28-19(21)22)27-18(25)12(2)26-15-7-3-13(20)4-8-15/h3-12,19H,1-2H3,(H,23,24)/t11-,12+/m1/s1. The van der Waals surface area contributed by atoms with Crippen molar-refractivity contribution >= 4 is 29.3 Å². The van der Waals surface area contributed by atoms with Gasteiger partial charge in [0.05, 0.1) is 0 Å². The predicted molar refractivity (Wildman–Crippen MR) is 99.0 cm³/mol. The zero-order valence-corrected chi connectivity index (χ0v) is 15.8. The molecule has 0 aliphatic carbocycles. The SMILES string of the molecule is C[C@H](Oc1ccc(F)cc1)C(=O)O[C@H](C)C(=O)Nc1ccc(SC(F)F)cc1. The molecule has 1 amide bonds. The molecule has 150 valence electrons. The number of thioether (sulfide) groups is 1. The summed E-state index contributed by atoms with van der Waals surface area (Å²) in [7, 11) is 0. The lowest BCUT2D eigenvalue weighted by atomic mass is 10.3. The van der Waals surface area contributed by atoms with Crippen LogP contribution in [0, 0.1) is 5.82 Å². The van der Waals surface area contributed by atoms with Gasteiger partial charge in [-0.3, -0.25) is 4.79 Å². The van der Waals surface area contributed by atoms with Gasteiger partial charge in [0.15, 0.2) is 12.2 Å². The second-order valence-corrected chi connectivity index (χ2v) is 6.75. The van der Waals surface area contributed by atoms with Crippen LogP contribution in [0.2, 0.25) is 0 Å². The molecule has 0 radical (unpaired) electrons. The number of esters is 1. The van der Waals surface area contributed by atoms with E-state index < -0.39 is 35.7 Å². The van der Waals surface area contributed by atoms with Gasteiger partial charge in [-0.1, -0.05) is 11.8 Å². The molecule has 0 unspecified atom stereocenters. The maximum Gasteiger partial charge on any atom is 0.347 e. The lowest BCUT2D eigenvalue weighted by Gasteiger charge is -2.18. The van der Waals surface area contributed by atoms with Crippen LogP contribution in [0.15, 0.2) is 53.4 Å². The second-order valence-electron chi connectivity index (χ2n) is 5.69. The molecule has 5 nitrogen and oxygen atoms in total. The summed E-state index contributed by atoms with van der Waals surface area (Å²) >= 11 is 0.395. The molecule has 0 saturated heterocycles. The van der Waals surface area contributed by atoms with Gasteiger partial charge in [0, 0.05) is 10.6 Å². The number of carbonyl (C=O) groups is 2. The molecule has 0 saturated carbocycles. The van der Waals surface area contributed by atoms with Crippen molar-refractivity contribution in [3.63, 3.8) is 0 Å². The molecule has 2 atom stereocenters. The van der Waals surface area contributed by atoms with Crippen LogP contribution >= 0.6 is 11.8 Å². The number of rotatable bonds is 8. The summed E-state index contributed by atoms with van der Waals surface area (Å²) in [6, 6.07) is 10.9. The van der Waals surface area contributed by atoms with Crippen LogP contribution in [-0.4, -0.2) is 29.8 Å². The molecule has 0 aromatic heterocycles. The van der Waals surface area contributed by atoms with Crippen molar-refractivity contribution in [2.45, 2.75) is 36.7 Å². The number of carbonyl (C=O) groups excluding carboxylic acids is 2. The zero-order chi connectivity index (χ0) is 20.7. The van der Waals surface area contributed by atoms with E-state index in [0.717, 1.165) is 0 Å². The number of hydrogen-bond acceptors (Lipinski definition) is 5. The highest BCUT2D eigenvalue weighted by Crippen LogP contribution is 2.26. The Morgan fingerprint density at radius 2 is 1.57 bits per heavy atom. The number of anilines is 1. The predicted octanol–water partition coefficient (Wildman–Crippen LogP) is 4.48. The Bertz CT molecular complexity index is 800. The Kier molecular flexibility index (Phi) is 7.74. The van der Waals surface area contributed by atoms with E-state index in [-0.39, 0.29) is 5.75 Å². The normalized spacial score (nSPS) is 12.9. The average Bonchev–Trinajstić information content (AvgIpc) is 2.64. The molecular weight excluding hydrogens is 395 g/mol. The van der Waals surface area contributed by atoms with Crippen molar-refractivity contribution in [3.8, 4) is 5.75 Å². The molecule has 1 N–H and O–H groups in total. The Labute approximate surface area is 164 Å². The number of alkyl halides is 2. The van der Waals surface area contributed by atoms with Crippen molar-refractivity contribution in [2.24, 2.45) is 0 Å². The molecule has 0 fully saturated rings. The number of benzene rings is 2. The molecular formula is C19H18F3NO4S. The summed E-state index contributed by atoms with van der Waals surface area (Å²) in [6.45, 7) is 2.83. The van der Waals surface area contributed by atoms with E-state index in [1.807, 2.05) is 0 Å². The molecule has 9 heteroatoms. The molecule has 0 aliphatic rings. The van der Waals surface area contributed by atoms with Crippen LogP contribution in [0.1, 0.15) is 13.8 Å². The number of halogens is 3. The topological polar surface area (TPSA) is 64.6 Å². The monoisotopic (exact) mass is 413 g/mol. The summed E-state index contributed by atoms with van der Waals surface area (Å²) in [6.07, 6.45) is -2.12. The first-order chi connectivity index (χ1) is 13.2. The van der Waals surface area contributed by atoms with E-state index in [1.165, 1.54) is 62.4 Å². The Balaban J connectivity index is 1.85. The quantitative estimate of drug-likeness (QED) is 0.511. The fourth-order valence-electron chi connectivity index (χ4n) is 2.05. The summed E-state index contributed by atoms with van der Waals surface area (Å²) < 4.78 is 47.9. The lowest BCUT2D eigenvalue weighted by molar-refractivity contribution is -0.159. The van der Waals surface area contributed by atoms with Crippen LogP contribution < -0.4 is 10.1 Å². The van der Waals surface area contributed by atoms with Gasteiger partial charge in [-0.05, 0) is 62.4 Å². The van der Waals surface area contributed by atoms with E-state index in [1.54, 1.807) is 0 Å². The fourth-order valence-corrected chi connectivity index (χ4v) is 2.55. The van der Waals surface area contributed by atoms with Crippen LogP contribution in [0.4, 0.5) is 18.9 Å². The number of ether oxygens (including phenoxy) is 2. The van der Waals surface area contributed by atoms with E-state index in [2.05, 4.69) is 5.32 Å². The Morgan fingerprint density at radius 3 is 2.14 bits per heavy atom. The Hall–Kier alpha value is -2.68. The van der Waals surface area contributed by atoms with Gasteiger partial charge in [-0.15, -0.1) is 0 Å². The fraction of sp³-hybridized carbons (Fsp3) is 0.263. The van der Waals surface area contributed by atoms with E-state index in [4.69, 9.17) is 9.47 Å². The van der Waals surface area contributed by atoms with Crippen LogP contribution in [0.3, 0.4) is 0 Å². The third-order valence-corrected chi connectivity index (χ3v) is 4.19. The molecule has 0 aliphatic heterocycles. The van der Waals surface area contributed by atoms with Crippen molar-refractivity contribution in [1.82, 2.24) is 0 Å².